The van der Waals surface area contributed by atoms with Crippen LogP contribution in [-0.2, 0) is 14.8 Å². The Morgan fingerprint density at radius 3 is 2.68 bits per heavy atom. The molecule has 0 atom stereocenters. The second-order valence-electron chi connectivity index (χ2n) is 3.98. The first-order chi connectivity index (χ1) is 8.77. The van der Waals surface area contributed by atoms with Crippen LogP contribution in [-0.4, -0.2) is 34.8 Å². The fraction of sp³-hybridized carbons (Fsp3) is 0.300. The molecule has 0 saturated carbocycles. The normalized spacial score (nSPS) is 11.5. The summed E-state index contributed by atoms with van der Waals surface area (Å²) in [6, 6.07) is 0. The van der Waals surface area contributed by atoms with E-state index in [0.29, 0.717) is 16.4 Å². The van der Waals surface area contributed by atoms with Gasteiger partial charge in [0.2, 0.25) is 5.91 Å². The highest BCUT2D eigenvalue weighted by Crippen LogP contribution is 2.32. The van der Waals surface area contributed by atoms with Crippen molar-refractivity contribution in [3.05, 3.63) is 18.1 Å². The van der Waals surface area contributed by atoms with Crippen LogP contribution >= 0.6 is 11.3 Å². The van der Waals surface area contributed by atoms with Gasteiger partial charge in [-0.1, -0.05) is 11.3 Å². The lowest BCUT2D eigenvalue weighted by Crippen LogP contribution is -2.09. The predicted molar refractivity (Wildman–Crippen MR) is 72.6 cm³/mol. The van der Waals surface area contributed by atoms with E-state index in [4.69, 9.17) is 0 Å². The van der Waals surface area contributed by atoms with Gasteiger partial charge < -0.3 is 5.32 Å². The van der Waals surface area contributed by atoms with Crippen molar-refractivity contribution in [1.29, 1.82) is 0 Å². The van der Waals surface area contributed by atoms with Gasteiger partial charge >= 0.3 is 0 Å². The van der Waals surface area contributed by atoms with Crippen LogP contribution < -0.4 is 5.32 Å². The summed E-state index contributed by atoms with van der Waals surface area (Å²) in [5.41, 5.74) is 1.36. The Hall–Kier alpha value is -1.74. The second kappa shape index (κ2) is 4.74. The van der Waals surface area contributed by atoms with Crippen LogP contribution in [0.4, 0.5) is 5.13 Å². The number of aromatic nitrogens is 3. The van der Waals surface area contributed by atoms with Crippen LogP contribution in [0.1, 0.15) is 12.6 Å². The number of rotatable bonds is 3. The molecule has 0 aliphatic carbocycles. The average molecular weight is 300 g/mol. The summed E-state index contributed by atoms with van der Waals surface area (Å²) < 4.78 is 23.6. The monoisotopic (exact) mass is 300 g/mol. The number of nitrogens with one attached hydrogen (secondary N) is 1. The van der Waals surface area contributed by atoms with Gasteiger partial charge in [0.25, 0.3) is 10.0 Å². The molecule has 0 unspecified atom stereocenters. The number of nitrogens with zero attached hydrogens (tertiary/aromatic N) is 3. The largest absolute Gasteiger partial charge is 0.302 e. The zero-order valence-electron chi connectivity index (χ0n) is 10.5. The SMILES string of the molecule is CC(=O)Nc1nc(C)c(-c2cnn(S(C)(=O)=O)c2)s1. The Balaban J connectivity index is 2.39. The van der Waals surface area contributed by atoms with Gasteiger partial charge in [-0.2, -0.15) is 9.19 Å². The lowest BCUT2D eigenvalue weighted by Gasteiger charge is -1.94. The van der Waals surface area contributed by atoms with Gasteiger partial charge in [-0.25, -0.2) is 13.4 Å². The number of carbonyl (C=O) groups is 1. The molecule has 0 aliphatic rings. The molecule has 2 aromatic heterocycles. The number of anilines is 1. The third-order valence-electron chi connectivity index (χ3n) is 2.24. The zero-order valence-corrected chi connectivity index (χ0v) is 12.2. The molecule has 1 amide bonds. The van der Waals surface area contributed by atoms with E-state index in [1.807, 2.05) is 0 Å². The van der Waals surface area contributed by atoms with E-state index in [1.165, 1.54) is 30.7 Å². The maximum absolute atomic E-state index is 11.3. The van der Waals surface area contributed by atoms with Crippen LogP contribution in [0.5, 0.6) is 0 Å². The first-order valence-corrected chi connectivity index (χ1v) is 7.94. The fourth-order valence-electron chi connectivity index (χ4n) is 1.47. The maximum Gasteiger partial charge on any atom is 0.250 e. The smallest absolute Gasteiger partial charge is 0.250 e. The van der Waals surface area contributed by atoms with Crippen molar-refractivity contribution >= 4 is 32.4 Å². The molecule has 19 heavy (non-hydrogen) atoms. The van der Waals surface area contributed by atoms with Gasteiger partial charge in [-0.15, -0.1) is 0 Å². The second-order valence-corrected chi connectivity index (χ2v) is 6.82. The average Bonchev–Trinajstić information content (AvgIpc) is 2.82. The van der Waals surface area contributed by atoms with E-state index in [-0.39, 0.29) is 5.91 Å². The molecule has 0 fully saturated rings. The van der Waals surface area contributed by atoms with Gasteiger partial charge in [-0.05, 0) is 6.92 Å². The zero-order chi connectivity index (χ0) is 14.2. The molecule has 0 spiro atoms. The molecule has 9 heteroatoms. The molecule has 0 aromatic carbocycles. The summed E-state index contributed by atoms with van der Waals surface area (Å²) in [4.78, 5) is 15.9. The lowest BCUT2D eigenvalue weighted by molar-refractivity contribution is -0.114. The summed E-state index contributed by atoms with van der Waals surface area (Å²) in [5.74, 6) is -0.202. The van der Waals surface area contributed by atoms with E-state index in [0.717, 1.165) is 15.2 Å². The van der Waals surface area contributed by atoms with Crippen LogP contribution in [0, 0.1) is 6.92 Å². The molecule has 0 saturated heterocycles. The van der Waals surface area contributed by atoms with E-state index < -0.39 is 10.0 Å². The molecule has 2 aromatic rings. The third-order valence-corrected chi connectivity index (χ3v) is 4.24. The summed E-state index contributed by atoms with van der Waals surface area (Å²) >= 11 is 1.27. The van der Waals surface area contributed by atoms with E-state index in [2.05, 4.69) is 15.4 Å². The number of thiazole rings is 1. The molecule has 102 valence electrons. The highest BCUT2D eigenvalue weighted by Gasteiger charge is 2.14. The van der Waals surface area contributed by atoms with Crippen molar-refractivity contribution in [3.8, 4) is 10.4 Å². The van der Waals surface area contributed by atoms with Gasteiger partial charge in [0.15, 0.2) is 5.13 Å². The Morgan fingerprint density at radius 2 is 2.16 bits per heavy atom. The first-order valence-electron chi connectivity index (χ1n) is 5.28. The van der Waals surface area contributed by atoms with Crippen LogP contribution in [0.25, 0.3) is 10.4 Å². The minimum absolute atomic E-state index is 0.202. The van der Waals surface area contributed by atoms with Crippen LogP contribution in [0.15, 0.2) is 12.4 Å². The molecular formula is C10H12N4O3S2. The van der Waals surface area contributed by atoms with Gasteiger partial charge in [0.05, 0.1) is 29.2 Å². The Kier molecular flexibility index (Phi) is 3.42. The molecule has 1 N–H and O–H groups in total. The Morgan fingerprint density at radius 1 is 1.47 bits per heavy atom. The van der Waals surface area contributed by atoms with Gasteiger partial charge in [0, 0.05) is 12.5 Å². The lowest BCUT2D eigenvalue weighted by atomic mass is 10.2. The molecule has 0 aliphatic heterocycles. The fourth-order valence-corrected chi connectivity index (χ4v) is 2.98. The Labute approximate surface area is 114 Å². The van der Waals surface area contributed by atoms with Crippen molar-refractivity contribution in [1.82, 2.24) is 14.2 Å². The molecule has 0 radical (unpaired) electrons. The van der Waals surface area contributed by atoms with Gasteiger partial charge in [-0.3, -0.25) is 4.79 Å². The molecule has 0 bridgehead atoms. The quantitative estimate of drug-likeness (QED) is 0.915. The first kappa shape index (κ1) is 13.7. The van der Waals surface area contributed by atoms with Crippen molar-refractivity contribution in [2.24, 2.45) is 0 Å². The van der Waals surface area contributed by atoms with E-state index >= 15 is 0 Å². The summed E-state index contributed by atoms with van der Waals surface area (Å²) in [6.45, 7) is 3.19. The maximum atomic E-state index is 11.3. The van der Waals surface area contributed by atoms with Gasteiger partial charge in [0.1, 0.15) is 0 Å². The summed E-state index contributed by atoms with van der Waals surface area (Å²) in [6.07, 6.45) is 3.96. The topological polar surface area (TPSA) is 93.9 Å². The summed E-state index contributed by atoms with van der Waals surface area (Å²) in [5, 5.41) is 6.87. The Bertz CT molecular complexity index is 730. The summed E-state index contributed by atoms with van der Waals surface area (Å²) in [7, 11) is -3.39. The third kappa shape index (κ3) is 2.99. The minimum Gasteiger partial charge on any atom is -0.302 e. The van der Waals surface area contributed by atoms with Crippen molar-refractivity contribution < 1.29 is 13.2 Å². The number of carbonyl (C=O) groups excluding carboxylic acids is 1. The molecule has 2 rings (SSSR count). The van der Waals surface area contributed by atoms with Crippen molar-refractivity contribution in [2.45, 2.75) is 13.8 Å². The molecule has 2 heterocycles. The number of hydrogen-bond acceptors (Lipinski definition) is 6. The highest BCUT2D eigenvalue weighted by atomic mass is 32.2. The van der Waals surface area contributed by atoms with Crippen molar-refractivity contribution in [2.75, 3.05) is 11.6 Å². The standard InChI is InChI=1S/C10H12N4O3S2/c1-6-9(18-10(12-6)13-7(2)15)8-4-11-14(5-8)19(3,16)17/h4-5H,1-3H3,(H,12,13,15). The number of amides is 1. The van der Waals surface area contributed by atoms with Crippen LogP contribution in [0.3, 0.4) is 0 Å². The predicted octanol–water partition coefficient (Wildman–Crippen LogP) is 1.08. The highest BCUT2D eigenvalue weighted by molar-refractivity contribution is 7.89. The number of aryl methyl sites for hydroxylation is 1. The molecule has 7 nitrogen and oxygen atoms in total. The van der Waals surface area contributed by atoms with Crippen LogP contribution in [0.2, 0.25) is 0 Å². The minimum atomic E-state index is -3.39. The van der Waals surface area contributed by atoms with E-state index in [1.54, 1.807) is 6.92 Å². The number of hydrogen-bond donors (Lipinski definition) is 1. The van der Waals surface area contributed by atoms with Crippen molar-refractivity contribution in [3.63, 3.8) is 0 Å². The molecular weight excluding hydrogens is 288 g/mol. The van der Waals surface area contributed by atoms with E-state index in [9.17, 15) is 13.2 Å².